The van der Waals surface area contributed by atoms with Gasteiger partial charge in [-0.25, -0.2) is 0 Å². The van der Waals surface area contributed by atoms with Crippen molar-refractivity contribution in [3.8, 4) is 17.6 Å². The molecule has 162 valence electrons. The molecule has 0 saturated carbocycles. The highest BCUT2D eigenvalue weighted by molar-refractivity contribution is 6.10. The molecular formula is C27H26N2O3. The smallest absolute Gasteiger partial charge is 0.266 e. The Kier molecular flexibility index (Phi) is 7.30. The van der Waals surface area contributed by atoms with Crippen molar-refractivity contribution in [2.24, 2.45) is 0 Å². The highest BCUT2D eigenvalue weighted by atomic mass is 16.5. The number of rotatable bonds is 7. The standard InChI is InChI=1S/C27H26N2O3/c1-18-6-5-7-22(12-18)17-32-25-11-10-21(15-26(25)31-4)14-23(16-28)27(30)29-24-13-19(2)8-9-20(24)3/h5-15H,17H2,1-4H3,(H,29,30)/b23-14+. The fourth-order valence-corrected chi connectivity index (χ4v) is 3.23. The maximum absolute atomic E-state index is 12.7. The summed E-state index contributed by atoms with van der Waals surface area (Å²) in [6.45, 7) is 6.31. The molecule has 32 heavy (non-hydrogen) atoms. The van der Waals surface area contributed by atoms with Gasteiger partial charge >= 0.3 is 0 Å². The van der Waals surface area contributed by atoms with Gasteiger partial charge in [-0.3, -0.25) is 4.79 Å². The Bertz CT molecular complexity index is 1210. The number of nitrogens with zero attached hydrogens (tertiary/aromatic N) is 1. The number of nitrogens with one attached hydrogen (secondary N) is 1. The van der Waals surface area contributed by atoms with Crippen LogP contribution in [-0.2, 0) is 11.4 Å². The maximum atomic E-state index is 12.7. The second kappa shape index (κ2) is 10.3. The molecular weight excluding hydrogens is 400 g/mol. The van der Waals surface area contributed by atoms with E-state index in [1.54, 1.807) is 25.3 Å². The molecule has 0 unspecified atom stereocenters. The van der Waals surface area contributed by atoms with Gasteiger partial charge in [0.2, 0.25) is 0 Å². The van der Waals surface area contributed by atoms with Crippen molar-refractivity contribution in [3.05, 3.63) is 94.1 Å². The fraction of sp³-hybridized carbons (Fsp3) is 0.185. The Labute approximate surface area is 188 Å². The number of benzene rings is 3. The Morgan fingerprint density at radius 3 is 2.50 bits per heavy atom. The van der Waals surface area contributed by atoms with Crippen LogP contribution >= 0.6 is 0 Å². The van der Waals surface area contributed by atoms with Crippen LogP contribution < -0.4 is 14.8 Å². The molecule has 0 aromatic heterocycles. The lowest BCUT2D eigenvalue weighted by Gasteiger charge is -2.12. The largest absolute Gasteiger partial charge is 0.493 e. The van der Waals surface area contributed by atoms with E-state index in [2.05, 4.69) is 11.4 Å². The number of amides is 1. The van der Waals surface area contributed by atoms with Crippen molar-refractivity contribution in [2.75, 3.05) is 12.4 Å². The summed E-state index contributed by atoms with van der Waals surface area (Å²) in [7, 11) is 1.56. The first-order chi connectivity index (χ1) is 15.4. The highest BCUT2D eigenvalue weighted by Gasteiger charge is 2.12. The monoisotopic (exact) mass is 426 g/mol. The van der Waals surface area contributed by atoms with Crippen LogP contribution in [0.5, 0.6) is 11.5 Å². The van der Waals surface area contributed by atoms with Crippen LogP contribution in [0.15, 0.2) is 66.2 Å². The molecule has 0 bridgehead atoms. The maximum Gasteiger partial charge on any atom is 0.266 e. The molecule has 5 nitrogen and oxygen atoms in total. The lowest BCUT2D eigenvalue weighted by Crippen LogP contribution is -2.14. The molecule has 0 aliphatic carbocycles. The van der Waals surface area contributed by atoms with Gasteiger partial charge in [0.1, 0.15) is 18.2 Å². The Balaban J connectivity index is 1.77. The molecule has 3 aromatic rings. The van der Waals surface area contributed by atoms with E-state index in [0.717, 1.165) is 16.7 Å². The Hall–Kier alpha value is -4.04. The second-order valence-corrected chi connectivity index (χ2v) is 7.63. The van der Waals surface area contributed by atoms with Crippen LogP contribution in [0.3, 0.4) is 0 Å². The van der Waals surface area contributed by atoms with Crippen LogP contribution in [0.25, 0.3) is 6.08 Å². The average molecular weight is 427 g/mol. The molecule has 0 radical (unpaired) electrons. The summed E-state index contributed by atoms with van der Waals surface area (Å²) in [5.41, 5.74) is 5.54. The zero-order valence-electron chi connectivity index (χ0n) is 18.7. The van der Waals surface area contributed by atoms with Crippen molar-refractivity contribution < 1.29 is 14.3 Å². The van der Waals surface area contributed by atoms with Crippen LogP contribution in [0.4, 0.5) is 5.69 Å². The topological polar surface area (TPSA) is 71.3 Å². The minimum absolute atomic E-state index is 0.00129. The Morgan fingerprint density at radius 2 is 1.78 bits per heavy atom. The molecule has 0 atom stereocenters. The van der Waals surface area contributed by atoms with Crippen molar-refractivity contribution in [2.45, 2.75) is 27.4 Å². The second-order valence-electron chi connectivity index (χ2n) is 7.63. The third kappa shape index (κ3) is 5.77. The number of nitriles is 1. The fourth-order valence-electron chi connectivity index (χ4n) is 3.23. The zero-order chi connectivity index (χ0) is 23.1. The molecule has 3 aromatic carbocycles. The van der Waals surface area contributed by atoms with E-state index in [-0.39, 0.29) is 5.57 Å². The summed E-state index contributed by atoms with van der Waals surface area (Å²) < 4.78 is 11.4. The van der Waals surface area contributed by atoms with Gasteiger partial charge in [0, 0.05) is 5.69 Å². The lowest BCUT2D eigenvalue weighted by molar-refractivity contribution is -0.112. The van der Waals surface area contributed by atoms with Gasteiger partial charge in [-0.05, 0) is 67.3 Å². The van der Waals surface area contributed by atoms with E-state index >= 15 is 0 Å². The van der Waals surface area contributed by atoms with Gasteiger partial charge < -0.3 is 14.8 Å². The first-order valence-corrected chi connectivity index (χ1v) is 10.3. The molecule has 5 heteroatoms. The number of anilines is 1. The van der Waals surface area contributed by atoms with Crippen molar-refractivity contribution >= 4 is 17.7 Å². The average Bonchev–Trinajstić information content (AvgIpc) is 2.78. The van der Waals surface area contributed by atoms with Gasteiger partial charge in [-0.2, -0.15) is 5.26 Å². The van der Waals surface area contributed by atoms with Gasteiger partial charge in [-0.1, -0.05) is 48.0 Å². The molecule has 1 N–H and O–H groups in total. The molecule has 0 fully saturated rings. The SMILES string of the molecule is COc1cc(/C=C(\C#N)C(=O)Nc2cc(C)ccc2C)ccc1OCc1cccc(C)c1. The summed E-state index contributed by atoms with van der Waals surface area (Å²) in [4.78, 5) is 12.7. The summed E-state index contributed by atoms with van der Waals surface area (Å²) in [5.74, 6) is 0.656. The lowest BCUT2D eigenvalue weighted by atomic mass is 10.1. The first-order valence-electron chi connectivity index (χ1n) is 10.3. The minimum atomic E-state index is -0.458. The van der Waals surface area contributed by atoms with Crippen LogP contribution in [-0.4, -0.2) is 13.0 Å². The van der Waals surface area contributed by atoms with Gasteiger partial charge in [0.25, 0.3) is 5.91 Å². The normalized spacial score (nSPS) is 10.9. The number of aryl methyl sites for hydroxylation is 3. The van der Waals surface area contributed by atoms with Crippen LogP contribution in [0.2, 0.25) is 0 Å². The molecule has 0 heterocycles. The first kappa shape index (κ1) is 22.6. The van der Waals surface area contributed by atoms with E-state index in [4.69, 9.17) is 9.47 Å². The van der Waals surface area contributed by atoms with Crippen LogP contribution in [0, 0.1) is 32.1 Å². The van der Waals surface area contributed by atoms with Crippen molar-refractivity contribution in [1.29, 1.82) is 5.26 Å². The quantitative estimate of drug-likeness (QED) is 0.386. The van der Waals surface area contributed by atoms with Crippen molar-refractivity contribution in [1.82, 2.24) is 0 Å². The molecule has 0 aliphatic heterocycles. The minimum Gasteiger partial charge on any atom is -0.493 e. The predicted molar refractivity (Wildman–Crippen MR) is 127 cm³/mol. The molecule has 1 amide bonds. The molecule has 0 spiro atoms. The van der Waals surface area contributed by atoms with Gasteiger partial charge in [0.05, 0.1) is 7.11 Å². The Morgan fingerprint density at radius 1 is 1.00 bits per heavy atom. The van der Waals surface area contributed by atoms with Crippen LogP contribution in [0.1, 0.15) is 27.8 Å². The van der Waals surface area contributed by atoms with Gasteiger partial charge in [0.15, 0.2) is 11.5 Å². The number of hydrogen-bond acceptors (Lipinski definition) is 4. The van der Waals surface area contributed by atoms with E-state index in [0.29, 0.717) is 29.4 Å². The van der Waals surface area contributed by atoms with E-state index < -0.39 is 5.91 Å². The molecule has 3 rings (SSSR count). The van der Waals surface area contributed by atoms with E-state index in [9.17, 15) is 10.1 Å². The third-order valence-electron chi connectivity index (χ3n) is 4.98. The number of carbonyl (C=O) groups excluding carboxylic acids is 1. The van der Waals surface area contributed by atoms with Gasteiger partial charge in [-0.15, -0.1) is 0 Å². The predicted octanol–water partition coefficient (Wildman–Crippen LogP) is 5.75. The summed E-state index contributed by atoms with van der Waals surface area (Å²) >= 11 is 0. The summed E-state index contributed by atoms with van der Waals surface area (Å²) in [6.07, 6.45) is 1.54. The number of methoxy groups -OCH3 is 1. The highest BCUT2D eigenvalue weighted by Crippen LogP contribution is 2.30. The van der Waals surface area contributed by atoms with E-state index in [1.165, 1.54) is 11.6 Å². The number of ether oxygens (including phenoxy) is 2. The van der Waals surface area contributed by atoms with E-state index in [1.807, 2.05) is 63.2 Å². The number of carbonyl (C=O) groups is 1. The molecule has 0 aliphatic rings. The number of hydrogen-bond donors (Lipinski definition) is 1. The zero-order valence-corrected chi connectivity index (χ0v) is 18.7. The summed E-state index contributed by atoms with van der Waals surface area (Å²) in [6, 6.07) is 21.2. The van der Waals surface area contributed by atoms with Crippen molar-refractivity contribution in [3.63, 3.8) is 0 Å². The summed E-state index contributed by atoms with van der Waals surface area (Å²) in [5, 5.41) is 12.4. The molecule has 0 saturated heterocycles. The third-order valence-corrected chi connectivity index (χ3v) is 4.98.